The second kappa shape index (κ2) is 3.70. The largest absolute Gasteiger partial charge is 0.486 e. The maximum absolute atomic E-state index is 11.2. The van der Waals surface area contributed by atoms with E-state index in [1.54, 1.807) is 32.0 Å². The van der Waals surface area contributed by atoms with Crippen LogP contribution in [0.1, 0.15) is 19.4 Å². The lowest BCUT2D eigenvalue weighted by atomic mass is 9.84. The van der Waals surface area contributed by atoms with E-state index in [0.717, 1.165) is 0 Å². The molecule has 0 saturated carbocycles. The molecule has 0 amide bonds. The molecule has 1 N–H and O–H groups in total. The normalized spacial score (nSPS) is 14.6. The van der Waals surface area contributed by atoms with Crippen LogP contribution in [0.15, 0.2) is 18.2 Å². The van der Waals surface area contributed by atoms with Gasteiger partial charge in [0.1, 0.15) is 13.2 Å². The number of rotatable bonds is 2. The lowest BCUT2D eigenvalue weighted by Crippen LogP contribution is -2.30. The Balaban J connectivity index is 2.53. The fraction of sp³-hybridized carbons (Fsp3) is 0.417. The summed E-state index contributed by atoms with van der Waals surface area (Å²) in [5.41, 5.74) is -0.330. The van der Waals surface area contributed by atoms with E-state index in [-0.39, 0.29) is 0 Å². The first-order chi connectivity index (χ1) is 7.53. The minimum atomic E-state index is -0.980. The van der Waals surface area contributed by atoms with Gasteiger partial charge in [-0.3, -0.25) is 4.79 Å². The van der Waals surface area contributed by atoms with Crippen molar-refractivity contribution < 1.29 is 19.4 Å². The van der Waals surface area contributed by atoms with Crippen LogP contribution in [0.4, 0.5) is 0 Å². The molecule has 16 heavy (non-hydrogen) atoms. The zero-order valence-electron chi connectivity index (χ0n) is 9.32. The zero-order chi connectivity index (χ0) is 11.8. The van der Waals surface area contributed by atoms with Gasteiger partial charge in [-0.1, -0.05) is 12.1 Å². The Kier molecular flexibility index (Phi) is 2.50. The summed E-state index contributed by atoms with van der Waals surface area (Å²) in [6.45, 7) is 4.27. The van der Waals surface area contributed by atoms with E-state index in [9.17, 15) is 9.90 Å². The molecule has 0 saturated heterocycles. The third-order valence-electron chi connectivity index (χ3n) is 2.77. The van der Waals surface area contributed by atoms with Gasteiger partial charge in [-0.15, -0.1) is 0 Å². The van der Waals surface area contributed by atoms with Crippen LogP contribution in [0.2, 0.25) is 0 Å². The highest BCUT2D eigenvalue weighted by molar-refractivity contribution is 5.82. The highest BCUT2D eigenvalue weighted by atomic mass is 16.6. The molecule has 1 aromatic rings. The van der Waals surface area contributed by atoms with E-state index in [1.165, 1.54) is 0 Å². The smallest absolute Gasteiger partial charge is 0.313 e. The van der Waals surface area contributed by atoms with Gasteiger partial charge in [-0.25, -0.2) is 0 Å². The summed E-state index contributed by atoms with van der Waals surface area (Å²) in [6, 6.07) is 5.34. The van der Waals surface area contributed by atoms with Crippen molar-refractivity contribution in [2.24, 2.45) is 0 Å². The van der Waals surface area contributed by atoms with Crippen molar-refractivity contribution >= 4 is 5.97 Å². The Labute approximate surface area is 93.8 Å². The number of aliphatic carboxylic acids is 1. The first-order valence-corrected chi connectivity index (χ1v) is 5.16. The topological polar surface area (TPSA) is 55.8 Å². The second-order valence-corrected chi connectivity index (χ2v) is 4.26. The van der Waals surface area contributed by atoms with Gasteiger partial charge in [0, 0.05) is 5.56 Å². The van der Waals surface area contributed by atoms with Crippen molar-refractivity contribution in [1.82, 2.24) is 0 Å². The molecule has 1 heterocycles. The fourth-order valence-electron chi connectivity index (χ4n) is 1.68. The Morgan fingerprint density at radius 3 is 2.69 bits per heavy atom. The summed E-state index contributed by atoms with van der Waals surface area (Å²) in [5, 5.41) is 9.20. The predicted octanol–water partition coefficient (Wildman–Crippen LogP) is 1.82. The Morgan fingerprint density at radius 2 is 2.00 bits per heavy atom. The van der Waals surface area contributed by atoms with Crippen molar-refractivity contribution in [2.75, 3.05) is 13.2 Å². The summed E-state index contributed by atoms with van der Waals surface area (Å²) < 4.78 is 10.9. The van der Waals surface area contributed by atoms with E-state index in [1.807, 2.05) is 0 Å². The number of carboxylic acid groups (broad SMARTS) is 1. The molecule has 4 nitrogen and oxygen atoms in total. The standard InChI is InChI=1S/C12H14O4/c1-12(2,11(13)14)8-4-3-5-9-10(8)16-7-6-15-9/h3-5H,6-7H2,1-2H3,(H,13,14). The molecular weight excluding hydrogens is 208 g/mol. The molecular formula is C12H14O4. The number of para-hydroxylation sites is 1. The second-order valence-electron chi connectivity index (χ2n) is 4.26. The van der Waals surface area contributed by atoms with Crippen LogP contribution >= 0.6 is 0 Å². The van der Waals surface area contributed by atoms with Gasteiger partial charge in [0.2, 0.25) is 0 Å². The maximum Gasteiger partial charge on any atom is 0.313 e. The van der Waals surface area contributed by atoms with Gasteiger partial charge in [0.05, 0.1) is 5.41 Å². The molecule has 1 aliphatic heterocycles. The first-order valence-electron chi connectivity index (χ1n) is 5.16. The third kappa shape index (κ3) is 1.60. The van der Waals surface area contributed by atoms with Crippen LogP contribution in [0, 0.1) is 0 Å². The summed E-state index contributed by atoms with van der Waals surface area (Å²) >= 11 is 0. The van der Waals surface area contributed by atoms with Crippen LogP contribution in [0.5, 0.6) is 11.5 Å². The summed E-state index contributed by atoms with van der Waals surface area (Å²) in [7, 11) is 0. The van der Waals surface area contributed by atoms with Crippen molar-refractivity contribution in [1.29, 1.82) is 0 Å². The highest BCUT2D eigenvalue weighted by Gasteiger charge is 2.34. The monoisotopic (exact) mass is 222 g/mol. The average molecular weight is 222 g/mol. The molecule has 1 aromatic carbocycles. The first kappa shape index (κ1) is 10.8. The van der Waals surface area contributed by atoms with Gasteiger partial charge in [-0.2, -0.15) is 0 Å². The third-order valence-corrected chi connectivity index (χ3v) is 2.77. The number of hydrogen-bond donors (Lipinski definition) is 1. The predicted molar refractivity (Wildman–Crippen MR) is 58.1 cm³/mol. The van der Waals surface area contributed by atoms with Crippen molar-refractivity contribution in [3.8, 4) is 11.5 Å². The summed E-state index contributed by atoms with van der Waals surface area (Å²) in [4.78, 5) is 11.2. The molecule has 86 valence electrons. The minimum Gasteiger partial charge on any atom is -0.486 e. The molecule has 0 unspecified atom stereocenters. The van der Waals surface area contributed by atoms with E-state index in [4.69, 9.17) is 9.47 Å². The Bertz CT molecular complexity index is 423. The molecule has 0 spiro atoms. The summed E-state index contributed by atoms with van der Waals surface area (Å²) in [6.07, 6.45) is 0. The molecule has 0 aromatic heterocycles. The SMILES string of the molecule is CC(C)(C(=O)O)c1cccc2c1OCCO2. The molecule has 0 fully saturated rings. The van der Waals surface area contributed by atoms with Crippen LogP contribution < -0.4 is 9.47 Å². The summed E-state index contributed by atoms with van der Waals surface area (Å²) in [5.74, 6) is 0.300. The molecule has 1 aliphatic rings. The lowest BCUT2D eigenvalue weighted by molar-refractivity contribution is -0.142. The van der Waals surface area contributed by atoms with Crippen LogP contribution in [0.25, 0.3) is 0 Å². The lowest BCUT2D eigenvalue weighted by Gasteiger charge is -2.27. The molecule has 0 radical (unpaired) electrons. The van der Waals surface area contributed by atoms with Gasteiger partial charge in [0.25, 0.3) is 0 Å². The van der Waals surface area contributed by atoms with Crippen LogP contribution in [0.3, 0.4) is 0 Å². The van der Waals surface area contributed by atoms with Gasteiger partial charge >= 0.3 is 5.97 Å². The van der Waals surface area contributed by atoms with E-state index in [0.29, 0.717) is 30.3 Å². The zero-order valence-corrected chi connectivity index (χ0v) is 9.32. The minimum absolute atomic E-state index is 0.458. The Hall–Kier alpha value is -1.71. The Morgan fingerprint density at radius 1 is 1.31 bits per heavy atom. The number of fused-ring (bicyclic) bond motifs is 1. The number of ether oxygens (including phenoxy) is 2. The number of hydrogen-bond acceptors (Lipinski definition) is 3. The van der Waals surface area contributed by atoms with Crippen LogP contribution in [-0.2, 0) is 10.2 Å². The molecule has 0 bridgehead atoms. The number of benzene rings is 1. The molecule has 0 atom stereocenters. The quantitative estimate of drug-likeness (QED) is 0.829. The molecule has 2 rings (SSSR count). The van der Waals surface area contributed by atoms with Crippen molar-refractivity contribution in [3.05, 3.63) is 23.8 Å². The molecule has 4 heteroatoms. The van der Waals surface area contributed by atoms with Crippen molar-refractivity contribution in [3.63, 3.8) is 0 Å². The van der Waals surface area contributed by atoms with Gasteiger partial charge < -0.3 is 14.6 Å². The van der Waals surface area contributed by atoms with Crippen LogP contribution in [-0.4, -0.2) is 24.3 Å². The van der Waals surface area contributed by atoms with E-state index >= 15 is 0 Å². The van der Waals surface area contributed by atoms with E-state index < -0.39 is 11.4 Å². The van der Waals surface area contributed by atoms with E-state index in [2.05, 4.69) is 0 Å². The molecule has 0 aliphatic carbocycles. The highest BCUT2D eigenvalue weighted by Crippen LogP contribution is 2.40. The number of carbonyl (C=O) groups is 1. The number of carboxylic acids is 1. The average Bonchev–Trinajstić information content (AvgIpc) is 2.28. The fourth-order valence-corrected chi connectivity index (χ4v) is 1.68. The van der Waals surface area contributed by atoms with Gasteiger partial charge in [-0.05, 0) is 19.9 Å². The van der Waals surface area contributed by atoms with Gasteiger partial charge in [0.15, 0.2) is 11.5 Å². The maximum atomic E-state index is 11.2. The van der Waals surface area contributed by atoms with Crippen molar-refractivity contribution in [2.45, 2.75) is 19.3 Å².